The topological polar surface area (TPSA) is 52.7 Å². The van der Waals surface area contributed by atoms with Crippen molar-refractivity contribution in [3.63, 3.8) is 0 Å². The predicted molar refractivity (Wildman–Crippen MR) is 81.6 cm³/mol. The van der Waals surface area contributed by atoms with Crippen molar-refractivity contribution in [1.29, 1.82) is 0 Å². The largest absolute Gasteiger partial charge is 0.365 e. The Kier molecular flexibility index (Phi) is 4.67. The van der Waals surface area contributed by atoms with Crippen molar-refractivity contribution in [3.8, 4) is 0 Å². The van der Waals surface area contributed by atoms with Crippen LogP contribution in [0, 0.1) is 0 Å². The maximum atomic E-state index is 12.5. The number of rotatable bonds is 4. The Hall–Kier alpha value is -1.11. The van der Waals surface area contributed by atoms with Crippen molar-refractivity contribution in [2.45, 2.75) is 24.3 Å². The van der Waals surface area contributed by atoms with Crippen LogP contribution in [0.2, 0.25) is 0 Å². The predicted octanol–water partition coefficient (Wildman–Crippen LogP) is 1.13. The number of nitrogens with zero attached hydrogens (tertiary/aromatic N) is 2. The lowest BCUT2D eigenvalue weighted by molar-refractivity contribution is 0.462. The second-order valence-electron chi connectivity index (χ2n) is 5.21. The van der Waals surface area contributed by atoms with Crippen molar-refractivity contribution in [2.24, 2.45) is 0 Å². The number of hydrogen-bond donors (Lipinski definition) is 1. The van der Waals surface area contributed by atoms with Crippen LogP contribution in [-0.4, -0.2) is 52.5 Å². The number of anilines is 1. The second-order valence-corrected chi connectivity index (χ2v) is 7.33. The van der Waals surface area contributed by atoms with E-state index in [9.17, 15) is 8.42 Å². The van der Waals surface area contributed by atoms with Gasteiger partial charge >= 0.3 is 0 Å². The molecule has 1 aromatic rings. The molecule has 0 radical (unpaired) electrons. The minimum atomic E-state index is -3.42. The molecular weight excluding hydrogens is 274 g/mol. The molecule has 0 amide bonds. The highest BCUT2D eigenvalue weighted by molar-refractivity contribution is 7.89. The molecule has 0 spiro atoms. The Morgan fingerprint density at radius 3 is 2.70 bits per heavy atom. The summed E-state index contributed by atoms with van der Waals surface area (Å²) in [7, 11) is -0.276. The van der Waals surface area contributed by atoms with Gasteiger partial charge in [-0.1, -0.05) is 19.1 Å². The van der Waals surface area contributed by atoms with E-state index in [2.05, 4.69) is 17.1 Å². The highest BCUT2D eigenvalue weighted by Gasteiger charge is 2.28. The monoisotopic (exact) mass is 297 g/mol. The summed E-state index contributed by atoms with van der Waals surface area (Å²) < 4.78 is 26.2. The molecule has 1 fully saturated rings. The number of benzene rings is 1. The lowest BCUT2D eigenvalue weighted by Gasteiger charge is -2.38. The molecule has 1 atom stereocenters. The lowest BCUT2D eigenvalue weighted by Crippen LogP contribution is -2.51. The summed E-state index contributed by atoms with van der Waals surface area (Å²) >= 11 is 0. The maximum absolute atomic E-state index is 12.5. The summed E-state index contributed by atoms with van der Waals surface area (Å²) in [6.45, 7) is 4.74. The highest BCUT2D eigenvalue weighted by atomic mass is 32.2. The molecule has 0 aliphatic carbocycles. The van der Waals surface area contributed by atoms with E-state index >= 15 is 0 Å². The first kappa shape index (κ1) is 15.3. The molecule has 1 aliphatic heterocycles. The van der Waals surface area contributed by atoms with E-state index in [0.29, 0.717) is 10.9 Å². The van der Waals surface area contributed by atoms with Gasteiger partial charge in [-0.25, -0.2) is 12.7 Å². The van der Waals surface area contributed by atoms with Crippen LogP contribution in [0.3, 0.4) is 0 Å². The normalized spacial score (nSPS) is 20.4. The summed E-state index contributed by atoms with van der Waals surface area (Å²) in [5.74, 6) is 0. The van der Waals surface area contributed by atoms with Gasteiger partial charge in [0.05, 0.1) is 5.69 Å². The van der Waals surface area contributed by atoms with E-state index in [0.717, 1.165) is 31.7 Å². The summed E-state index contributed by atoms with van der Waals surface area (Å²) in [5, 5.41) is 3.36. The Bertz CT molecular complexity index is 557. The SMILES string of the molecule is CCC1CNCCN1c1ccccc1S(=O)(=O)N(C)C. The number of hydrogen-bond acceptors (Lipinski definition) is 4. The molecule has 1 heterocycles. The van der Waals surface area contributed by atoms with Gasteiger partial charge in [0.1, 0.15) is 4.90 Å². The zero-order chi connectivity index (χ0) is 14.8. The molecule has 1 aliphatic rings. The Morgan fingerprint density at radius 2 is 2.05 bits per heavy atom. The Balaban J connectivity index is 2.47. The van der Waals surface area contributed by atoms with E-state index < -0.39 is 10.0 Å². The number of piperazine rings is 1. The van der Waals surface area contributed by atoms with Crippen molar-refractivity contribution >= 4 is 15.7 Å². The van der Waals surface area contributed by atoms with E-state index in [-0.39, 0.29) is 0 Å². The lowest BCUT2D eigenvalue weighted by atomic mass is 10.1. The van der Waals surface area contributed by atoms with Crippen molar-refractivity contribution in [3.05, 3.63) is 24.3 Å². The minimum absolute atomic E-state index is 0.335. The van der Waals surface area contributed by atoms with E-state index in [1.54, 1.807) is 26.2 Å². The molecule has 112 valence electrons. The van der Waals surface area contributed by atoms with Crippen molar-refractivity contribution < 1.29 is 8.42 Å². The van der Waals surface area contributed by atoms with Gasteiger partial charge in [0.25, 0.3) is 0 Å². The molecule has 1 saturated heterocycles. The summed E-state index contributed by atoms with van der Waals surface area (Å²) in [4.78, 5) is 2.61. The fraction of sp³-hybridized carbons (Fsp3) is 0.571. The minimum Gasteiger partial charge on any atom is -0.365 e. The molecular formula is C14H23N3O2S. The van der Waals surface area contributed by atoms with Gasteiger partial charge in [0.2, 0.25) is 10.0 Å². The van der Waals surface area contributed by atoms with Crippen LogP contribution < -0.4 is 10.2 Å². The summed E-state index contributed by atoms with van der Waals surface area (Å²) in [6.07, 6.45) is 0.989. The van der Waals surface area contributed by atoms with Crippen LogP contribution >= 0.6 is 0 Å². The van der Waals surface area contributed by atoms with E-state index in [1.165, 1.54) is 4.31 Å². The third-order valence-corrected chi connectivity index (χ3v) is 5.62. The fourth-order valence-corrected chi connectivity index (χ4v) is 3.65. The first-order valence-electron chi connectivity index (χ1n) is 6.97. The molecule has 1 unspecified atom stereocenters. The molecule has 1 aromatic carbocycles. The first-order chi connectivity index (χ1) is 9.48. The van der Waals surface area contributed by atoms with Crippen molar-refractivity contribution in [2.75, 3.05) is 38.6 Å². The third kappa shape index (κ3) is 2.82. The van der Waals surface area contributed by atoms with Gasteiger partial charge in [-0.15, -0.1) is 0 Å². The molecule has 2 rings (SSSR count). The fourth-order valence-electron chi connectivity index (χ4n) is 2.55. The van der Waals surface area contributed by atoms with Gasteiger partial charge in [0, 0.05) is 39.8 Å². The molecule has 6 heteroatoms. The van der Waals surface area contributed by atoms with Gasteiger partial charge < -0.3 is 10.2 Å². The van der Waals surface area contributed by atoms with Crippen LogP contribution in [-0.2, 0) is 10.0 Å². The van der Waals surface area contributed by atoms with Crippen LogP contribution in [0.5, 0.6) is 0 Å². The van der Waals surface area contributed by atoms with Gasteiger partial charge in [0.15, 0.2) is 0 Å². The van der Waals surface area contributed by atoms with Crippen molar-refractivity contribution in [1.82, 2.24) is 9.62 Å². The smallest absolute Gasteiger partial charge is 0.244 e. The quantitative estimate of drug-likeness (QED) is 0.905. The number of sulfonamides is 1. The van der Waals surface area contributed by atoms with Gasteiger partial charge in [-0.2, -0.15) is 0 Å². The Labute approximate surface area is 121 Å². The summed E-state index contributed by atoms with van der Waals surface area (Å²) in [6, 6.07) is 7.62. The third-order valence-electron chi connectivity index (χ3n) is 3.75. The average Bonchev–Trinajstić information content (AvgIpc) is 2.47. The molecule has 0 saturated carbocycles. The van der Waals surface area contributed by atoms with Gasteiger partial charge in [-0.3, -0.25) is 0 Å². The zero-order valence-electron chi connectivity index (χ0n) is 12.3. The zero-order valence-corrected chi connectivity index (χ0v) is 13.2. The van der Waals surface area contributed by atoms with Crippen LogP contribution in [0.1, 0.15) is 13.3 Å². The van der Waals surface area contributed by atoms with E-state index in [1.807, 2.05) is 12.1 Å². The molecule has 5 nitrogen and oxygen atoms in total. The van der Waals surface area contributed by atoms with Gasteiger partial charge in [-0.05, 0) is 18.6 Å². The Morgan fingerprint density at radius 1 is 1.35 bits per heavy atom. The van der Waals surface area contributed by atoms with Crippen LogP contribution in [0.15, 0.2) is 29.2 Å². The van der Waals surface area contributed by atoms with E-state index in [4.69, 9.17) is 0 Å². The molecule has 1 N–H and O–H groups in total. The second kappa shape index (κ2) is 6.11. The maximum Gasteiger partial charge on any atom is 0.244 e. The standard InChI is InChI=1S/C14H23N3O2S/c1-4-12-11-15-9-10-17(12)13-7-5-6-8-14(13)20(18,19)16(2)3/h5-8,12,15H,4,9-11H2,1-3H3. The first-order valence-corrected chi connectivity index (χ1v) is 8.41. The number of para-hydroxylation sites is 1. The summed E-state index contributed by atoms with van der Waals surface area (Å²) in [5.41, 5.74) is 0.814. The molecule has 20 heavy (non-hydrogen) atoms. The highest BCUT2D eigenvalue weighted by Crippen LogP contribution is 2.29. The van der Waals surface area contributed by atoms with Crippen LogP contribution in [0.4, 0.5) is 5.69 Å². The number of nitrogens with one attached hydrogen (secondary N) is 1. The molecule has 0 bridgehead atoms. The molecule has 0 aromatic heterocycles. The average molecular weight is 297 g/mol. The van der Waals surface area contributed by atoms with Crippen LogP contribution in [0.25, 0.3) is 0 Å².